The Bertz CT molecular complexity index is 636. The molecule has 7 heteroatoms. The van der Waals surface area contributed by atoms with Gasteiger partial charge < -0.3 is 19.5 Å². The molecule has 0 aliphatic heterocycles. The quantitative estimate of drug-likeness (QED) is 0.797. The first-order chi connectivity index (χ1) is 9.99. The van der Waals surface area contributed by atoms with Gasteiger partial charge in [0.1, 0.15) is 23.9 Å². The van der Waals surface area contributed by atoms with Crippen LogP contribution in [0.1, 0.15) is 11.4 Å². The molecule has 1 heterocycles. The zero-order chi connectivity index (χ0) is 15.4. The summed E-state index contributed by atoms with van der Waals surface area (Å²) in [5.41, 5.74) is 1.36. The van der Waals surface area contributed by atoms with E-state index in [4.69, 9.17) is 9.47 Å². The van der Waals surface area contributed by atoms with Crippen molar-refractivity contribution >= 4 is 12.6 Å². The molecule has 21 heavy (non-hydrogen) atoms. The number of methoxy groups -OCH3 is 1. The maximum Gasteiger partial charge on any atom is 0.492 e. The van der Waals surface area contributed by atoms with Crippen molar-refractivity contribution < 1.29 is 23.9 Å². The fourth-order valence-corrected chi connectivity index (χ4v) is 1.90. The highest BCUT2D eigenvalue weighted by atomic mass is 19.1. The molecular weight excluding hydrogens is 276 g/mol. The lowest BCUT2D eigenvalue weighted by molar-refractivity contribution is 0.300. The minimum Gasteiger partial charge on any atom is -0.497 e. The van der Waals surface area contributed by atoms with Crippen LogP contribution in [-0.2, 0) is 6.61 Å². The molecular formula is C14H15BFNO4. The van der Waals surface area contributed by atoms with Crippen LogP contribution >= 0.6 is 0 Å². The Kier molecular flexibility index (Phi) is 4.77. The van der Waals surface area contributed by atoms with Crippen molar-refractivity contribution in [3.63, 3.8) is 0 Å². The molecule has 0 unspecified atom stereocenters. The minimum absolute atomic E-state index is 0.0328. The summed E-state index contributed by atoms with van der Waals surface area (Å²) in [6.45, 7) is 1.93. The second-order valence-corrected chi connectivity index (χ2v) is 4.48. The first-order valence-electron chi connectivity index (χ1n) is 6.29. The molecule has 5 nitrogen and oxygen atoms in total. The standard InChI is InChI=1S/C14H15BFNO4/c1-9-5-12(20-2)7-11(17-9)8-21-14-4-3-10(16)6-13(14)15(18)19/h3-7,18-19H,8H2,1-2H3. The molecule has 1 aromatic heterocycles. The molecule has 0 amide bonds. The number of aromatic nitrogens is 1. The normalized spacial score (nSPS) is 10.3. The van der Waals surface area contributed by atoms with E-state index in [2.05, 4.69) is 4.98 Å². The van der Waals surface area contributed by atoms with Crippen molar-refractivity contribution in [1.29, 1.82) is 0 Å². The van der Waals surface area contributed by atoms with Gasteiger partial charge in [0.2, 0.25) is 0 Å². The number of ether oxygens (including phenoxy) is 2. The van der Waals surface area contributed by atoms with Crippen LogP contribution in [0.2, 0.25) is 0 Å². The Morgan fingerprint density at radius 3 is 2.67 bits per heavy atom. The van der Waals surface area contributed by atoms with Crippen LogP contribution in [0, 0.1) is 12.7 Å². The van der Waals surface area contributed by atoms with E-state index < -0.39 is 12.9 Å². The third kappa shape index (κ3) is 3.93. The summed E-state index contributed by atoms with van der Waals surface area (Å²) in [4.78, 5) is 4.28. The van der Waals surface area contributed by atoms with Crippen LogP contribution in [-0.4, -0.2) is 29.3 Å². The van der Waals surface area contributed by atoms with Crippen molar-refractivity contribution in [2.24, 2.45) is 0 Å². The van der Waals surface area contributed by atoms with Crippen LogP contribution in [0.4, 0.5) is 4.39 Å². The zero-order valence-corrected chi connectivity index (χ0v) is 11.7. The van der Waals surface area contributed by atoms with Gasteiger partial charge in [-0.2, -0.15) is 0 Å². The topological polar surface area (TPSA) is 71.8 Å². The lowest BCUT2D eigenvalue weighted by atomic mass is 9.79. The highest BCUT2D eigenvalue weighted by Crippen LogP contribution is 2.16. The van der Waals surface area contributed by atoms with Gasteiger partial charge in [0.25, 0.3) is 0 Å². The molecule has 0 aliphatic carbocycles. The van der Waals surface area contributed by atoms with Gasteiger partial charge in [-0.15, -0.1) is 0 Å². The molecule has 110 valence electrons. The molecule has 0 spiro atoms. The SMILES string of the molecule is COc1cc(C)nc(COc2ccc(F)cc2B(O)O)c1. The maximum absolute atomic E-state index is 13.1. The van der Waals surface area contributed by atoms with Gasteiger partial charge in [0.05, 0.1) is 12.8 Å². The lowest BCUT2D eigenvalue weighted by Gasteiger charge is -2.12. The van der Waals surface area contributed by atoms with Gasteiger partial charge in [-0.1, -0.05) is 0 Å². The number of rotatable bonds is 5. The average Bonchev–Trinajstić information content (AvgIpc) is 2.45. The van der Waals surface area contributed by atoms with Crippen molar-refractivity contribution in [2.75, 3.05) is 7.11 Å². The van der Waals surface area contributed by atoms with Crippen molar-refractivity contribution in [2.45, 2.75) is 13.5 Å². The number of hydrogen-bond acceptors (Lipinski definition) is 5. The minimum atomic E-state index is -1.81. The van der Waals surface area contributed by atoms with Gasteiger partial charge in [-0.25, -0.2) is 4.39 Å². The predicted octanol–water partition coefficient (Wildman–Crippen LogP) is 0.797. The Morgan fingerprint density at radius 2 is 2.00 bits per heavy atom. The fraction of sp³-hybridized carbons (Fsp3) is 0.214. The second kappa shape index (κ2) is 6.56. The number of hydrogen-bond donors (Lipinski definition) is 2. The summed E-state index contributed by atoms with van der Waals surface area (Å²) in [6.07, 6.45) is 0. The molecule has 0 aliphatic rings. The monoisotopic (exact) mass is 291 g/mol. The molecule has 0 saturated carbocycles. The molecule has 0 atom stereocenters. The molecule has 2 rings (SSSR count). The fourth-order valence-electron chi connectivity index (χ4n) is 1.90. The summed E-state index contributed by atoms with van der Waals surface area (Å²) < 4.78 is 23.7. The van der Waals surface area contributed by atoms with Crippen LogP contribution in [0.5, 0.6) is 11.5 Å². The first kappa shape index (κ1) is 15.3. The molecule has 0 fully saturated rings. The van der Waals surface area contributed by atoms with Gasteiger partial charge in [0.15, 0.2) is 0 Å². The Labute approximate surface area is 122 Å². The molecule has 2 N–H and O–H groups in total. The van der Waals surface area contributed by atoms with Crippen LogP contribution < -0.4 is 14.9 Å². The molecule has 0 saturated heterocycles. The smallest absolute Gasteiger partial charge is 0.492 e. The molecule has 2 aromatic rings. The van der Waals surface area contributed by atoms with Crippen molar-refractivity contribution in [1.82, 2.24) is 4.98 Å². The van der Waals surface area contributed by atoms with Gasteiger partial charge in [-0.3, -0.25) is 4.98 Å². The number of nitrogens with zero attached hydrogens (tertiary/aromatic N) is 1. The third-order valence-electron chi connectivity index (χ3n) is 2.84. The van der Waals surface area contributed by atoms with E-state index in [1.807, 2.05) is 6.92 Å². The van der Waals surface area contributed by atoms with E-state index >= 15 is 0 Å². The van der Waals surface area contributed by atoms with Crippen molar-refractivity contribution in [3.05, 3.63) is 47.5 Å². The first-order valence-corrected chi connectivity index (χ1v) is 6.29. The lowest BCUT2D eigenvalue weighted by Crippen LogP contribution is -2.31. The zero-order valence-electron chi connectivity index (χ0n) is 11.7. The summed E-state index contributed by atoms with van der Waals surface area (Å²) in [6, 6.07) is 7.04. The summed E-state index contributed by atoms with van der Waals surface area (Å²) in [7, 11) is -0.254. The Hall–Kier alpha value is -2.12. The van der Waals surface area contributed by atoms with E-state index in [9.17, 15) is 14.4 Å². The Morgan fingerprint density at radius 1 is 1.24 bits per heavy atom. The number of halogens is 1. The largest absolute Gasteiger partial charge is 0.497 e. The second-order valence-electron chi connectivity index (χ2n) is 4.48. The highest BCUT2D eigenvalue weighted by Gasteiger charge is 2.18. The van der Waals surface area contributed by atoms with E-state index in [0.717, 1.165) is 11.8 Å². The van der Waals surface area contributed by atoms with E-state index in [1.165, 1.54) is 12.1 Å². The summed E-state index contributed by atoms with van der Waals surface area (Å²) in [5, 5.41) is 18.5. The molecule has 0 bridgehead atoms. The Balaban J connectivity index is 2.18. The number of benzene rings is 1. The maximum atomic E-state index is 13.1. The van der Waals surface area contributed by atoms with Gasteiger partial charge >= 0.3 is 7.12 Å². The van der Waals surface area contributed by atoms with Crippen LogP contribution in [0.15, 0.2) is 30.3 Å². The van der Waals surface area contributed by atoms with E-state index in [1.54, 1.807) is 19.2 Å². The molecule has 1 aromatic carbocycles. The predicted molar refractivity (Wildman–Crippen MR) is 76.1 cm³/mol. The highest BCUT2D eigenvalue weighted by molar-refractivity contribution is 6.59. The van der Waals surface area contributed by atoms with Crippen LogP contribution in [0.3, 0.4) is 0 Å². The number of pyridine rings is 1. The van der Waals surface area contributed by atoms with E-state index in [-0.39, 0.29) is 17.8 Å². The van der Waals surface area contributed by atoms with E-state index in [0.29, 0.717) is 11.4 Å². The summed E-state index contributed by atoms with van der Waals surface area (Å²) >= 11 is 0. The third-order valence-corrected chi connectivity index (χ3v) is 2.84. The van der Waals surface area contributed by atoms with Crippen molar-refractivity contribution in [3.8, 4) is 11.5 Å². The molecule has 0 radical (unpaired) electrons. The van der Waals surface area contributed by atoms with Gasteiger partial charge in [-0.05, 0) is 25.1 Å². The number of aryl methyl sites for hydroxylation is 1. The summed E-state index contributed by atoms with van der Waals surface area (Å²) in [5.74, 6) is 0.275. The average molecular weight is 291 g/mol. The van der Waals surface area contributed by atoms with Gasteiger partial charge in [0, 0.05) is 23.3 Å². The van der Waals surface area contributed by atoms with Crippen LogP contribution in [0.25, 0.3) is 0 Å².